The van der Waals surface area contributed by atoms with Gasteiger partial charge in [-0.05, 0) is 48.6 Å². The molecule has 0 aromatic heterocycles. The highest BCUT2D eigenvalue weighted by Gasteiger charge is 2.71. The Bertz CT molecular complexity index is 1180. The topological polar surface area (TPSA) is 111 Å². The number of non-ortho nitro benzene ring substituents is 1. The average Bonchev–Trinajstić information content (AvgIpc) is 3.08. The van der Waals surface area contributed by atoms with Crippen molar-refractivity contribution in [3.63, 3.8) is 0 Å². The zero-order chi connectivity index (χ0) is 24.0. The lowest BCUT2D eigenvalue weighted by molar-refractivity contribution is -0.384. The van der Waals surface area contributed by atoms with Crippen molar-refractivity contribution in [2.45, 2.75) is 40.0 Å². The van der Waals surface area contributed by atoms with E-state index in [4.69, 9.17) is 16.4 Å². The van der Waals surface area contributed by atoms with Gasteiger partial charge in [0.1, 0.15) is 0 Å². The molecule has 2 aliphatic rings. The van der Waals surface area contributed by atoms with Crippen LogP contribution in [0.25, 0.3) is 0 Å². The Morgan fingerprint density at radius 1 is 1.12 bits per heavy atom. The normalized spacial score (nSPS) is 26.2. The summed E-state index contributed by atoms with van der Waals surface area (Å²) >= 11 is 6.06. The Morgan fingerprint density at radius 3 is 2.45 bits per heavy atom. The number of fused-ring (bicyclic) bond motifs is 2. The molecule has 2 aliphatic carbocycles. The Balaban J connectivity index is 1.56. The van der Waals surface area contributed by atoms with Gasteiger partial charge >= 0.3 is 5.97 Å². The maximum Gasteiger partial charge on any atom is 0.365 e. The molecule has 0 radical (unpaired) electrons. The van der Waals surface area contributed by atoms with Crippen molar-refractivity contribution in [1.29, 1.82) is 0 Å². The van der Waals surface area contributed by atoms with E-state index in [2.05, 4.69) is 24.3 Å². The molecule has 172 valence electrons. The lowest BCUT2D eigenvalue weighted by Crippen LogP contribution is -2.43. The van der Waals surface area contributed by atoms with Crippen LogP contribution < -0.4 is 5.32 Å². The molecule has 0 spiro atoms. The summed E-state index contributed by atoms with van der Waals surface area (Å²) in [6.45, 7) is 6.16. The summed E-state index contributed by atoms with van der Waals surface area (Å²) in [5.74, 6) is -0.815. The van der Waals surface area contributed by atoms with Crippen molar-refractivity contribution in [2.75, 3.05) is 5.32 Å². The van der Waals surface area contributed by atoms with Crippen molar-refractivity contribution in [3.8, 4) is 0 Å². The number of nitro groups is 1. The van der Waals surface area contributed by atoms with Crippen LogP contribution in [-0.4, -0.2) is 22.5 Å². The second-order valence-corrected chi connectivity index (χ2v) is 9.84. The summed E-state index contributed by atoms with van der Waals surface area (Å²) < 4.78 is 0. The molecule has 2 unspecified atom stereocenters. The van der Waals surface area contributed by atoms with Crippen LogP contribution in [-0.2, 0) is 9.63 Å². The second kappa shape index (κ2) is 7.95. The van der Waals surface area contributed by atoms with Crippen molar-refractivity contribution in [1.82, 2.24) is 0 Å². The summed E-state index contributed by atoms with van der Waals surface area (Å²) in [6, 6.07) is 12.1. The molecule has 2 aromatic rings. The van der Waals surface area contributed by atoms with E-state index in [1.807, 2.05) is 6.92 Å². The third kappa shape index (κ3) is 3.58. The van der Waals surface area contributed by atoms with Crippen LogP contribution in [0.1, 0.15) is 50.4 Å². The number of benzene rings is 2. The molecule has 2 saturated carbocycles. The fraction of sp³-hybridized carbons (Fsp3) is 0.375. The van der Waals surface area contributed by atoms with E-state index < -0.39 is 27.1 Å². The number of nitro benzene ring substituents is 1. The van der Waals surface area contributed by atoms with Gasteiger partial charge in [-0.3, -0.25) is 14.9 Å². The van der Waals surface area contributed by atoms with Crippen molar-refractivity contribution < 1.29 is 19.3 Å². The SMILES string of the molecule is CC12CCC(C(=O)Nc3cccc(Cl)c3)(C/C1=N\OC(=O)c1ccc([N+](=O)[O-])cc1)C2(C)C. The van der Waals surface area contributed by atoms with Crippen molar-refractivity contribution in [3.05, 3.63) is 69.2 Å². The van der Waals surface area contributed by atoms with Gasteiger partial charge < -0.3 is 10.2 Å². The first-order valence-corrected chi connectivity index (χ1v) is 11.0. The van der Waals surface area contributed by atoms with Gasteiger partial charge in [-0.2, -0.15) is 0 Å². The summed E-state index contributed by atoms with van der Waals surface area (Å²) in [7, 11) is 0. The first-order chi connectivity index (χ1) is 15.5. The Hall–Kier alpha value is -3.26. The fourth-order valence-electron chi connectivity index (χ4n) is 5.21. The van der Waals surface area contributed by atoms with Gasteiger partial charge in [0.25, 0.3) is 5.69 Å². The molecule has 0 heterocycles. The summed E-state index contributed by atoms with van der Waals surface area (Å²) in [4.78, 5) is 41.4. The standard InChI is InChI=1S/C24H24ClN3O5/c1-22(2)23(3)11-12-24(22,21(30)26-17-6-4-5-16(25)13-17)14-19(23)27-33-20(29)15-7-9-18(10-8-15)28(31)32/h4-10,13H,11-12,14H2,1-3H3,(H,26,30)/b27-19+. The first-order valence-electron chi connectivity index (χ1n) is 10.6. The molecule has 2 bridgehead atoms. The molecule has 2 atom stereocenters. The highest BCUT2D eigenvalue weighted by Crippen LogP contribution is 2.71. The van der Waals surface area contributed by atoms with Gasteiger partial charge in [-0.1, -0.05) is 43.6 Å². The third-order valence-corrected chi connectivity index (χ3v) is 8.04. The molecule has 1 N–H and O–H groups in total. The lowest BCUT2D eigenvalue weighted by Gasteiger charge is -2.39. The number of rotatable bonds is 5. The van der Waals surface area contributed by atoms with E-state index >= 15 is 0 Å². The predicted molar refractivity (Wildman–Crippen MR) is 124 cm³/mol. The van der Waals surface area contributed by atoms with Gasteiger partial charge in [-0.15, -0.1) is 0 Å². The number of halogens is 1. The number of hydrogen-bond acceptors (Lipinski definition) is 6. The third-order valence-electron chi connectivity index (χ3n) is 7.80. The van der Waals surface area contributed by atoms with E-state index in [-0.39, 0.29) is 17.2 Å². The van der Waals surface area contributed by atoms with E-state index in [1.165, 1.54) is 24.3 Å². The van der Waals surface area contributed by atoms with Crippen LogP contribution in [0, 0.1) is 26.4 Å². The van der Waals surface area contributed by atoms with Crippen LogP contribution in [0.15, 0.2) is 53.7 Å². The van der Waals surface area contributed by atoms with Crippen molar-refractivity contribution in [2.24, 2.45) is 21.4 Å². The Kier molecular flexibility index (Phi) is 5.52. The minimum Gasteiger partial charge on any atom is -0.326 e. The zero-order valence-electron chi connectivity index (χ0n) is 18.6. The Morgan fingerprint density at radius 2 is 1.82 bits per heavy atom. The van der Waals surface area contributed by atoms with E-state index in [0.717, 1.165) is 6.42 Å². The fourth-order valence-corrected chi connectivity index (χ4v) is 5.40. The molecule has 9 heteroatoms. The number of anilines is 1. The van der Waals surface area contributed by atoms with E-state index in [1.54, 1.807) is 24.3 Å². The monoisotopic (exact) mass is 469 g/mol. The molecule has 0 saturated heterocycles. The summed E-state index contributed by atoms with van der Waals surface area (Å²) in [5.41, 5.74) is -0.228. The molecule has 8 nitrogen and oxygen atoms in total. The molecule has 2 fully saturated rings. The predicted octanol–water partition coefficient (Wildman–Crippen LogP) is 5.62. The van der Waals surface area contributed by atoms with Gasteiger partial charge in [0.15, 0.2) is 0 Å². The molecule has 1 amide bonds. The van der Waals surface area contributed by atoms with Crippen LogP contribution in [0.3, 0.4) is 0 Å². The van der Waals surface area contributed by atoms with Gasteiger partial charge in [0, 0.05) is 34.7 Å². The average molecular weight is 470 g/mol. The quantitative estimate of drug-likeness (QED) is 0.347. The lowest BCUT2D eigenvalue weighted by atomic mass is 9.64. The van der Waals surface area contributed by atoms with E-state index in [0.29, 0.717) is 29.3 Å². The van der Waals surface area contributed by atoms with Gasteiger partial charge in [0.2, 0.25) is 5.91 Å². The summed E-state index contributed by atoms with van der Waals surface area (Å²) in [5, 5.41) is 18.5. The van der Waals surface area contributed by atoms with Gasteiger partial charge in [-0.25, -0.2) is 4.79 Å². The van der Waals surface area contributed by atoms with Crippen LogP contribution in [0.4, 0.5) is 11.4 Å². The minimum atomic E-state index is -0.709. The maximum atomic E-state index is 13.5. The number of carbonyl (C=O) groups is 2. The highest BCUT2D eigenvalue weighted by atomic mass is 35.5. The maximum absolute atomic E-state index is 13.5. The zero-order valence-corrected chi connectivity index (χ0v) is 19.3. The number of amides is 1. The number of hydrogen-bond donors (Lipinski definition) is 1. The van der Waals surface area contributed by atoms with Gasteiger partial charge in [0.05, 0.1) is 21.6 Å². The van der Waals surface area contributed by atoms with Crippen LogP contribution in [0.2, 0.25) is 5.02 Å². The molecular weight excluding hydrogens is 446 g/mol. The van der Waals surface area contributed by atoms with Crippen LogP contribution >= 0.6 is 11.6 Å². The van der Waals surface area contributed by atoms with Crippen molar-refractivity contribution >= 4 is 40.6 Å². The number of nitrogens with zero attached hydrogens (tertiary/aromatic N) is 2. The number of carbonyl (C=O) groups excluding carboxylic acids is 2. The first kappa shape index (κ1) is 22.9. The van der Waals surface area contributed by atoms with E-state index in [9.17, 15) is 19.7 Å². The number of oxime groups is 1. The minimum absolute atomic E-state index is 0.106. The molecule has 0 aliphatic heterocycles. The highest BCUT2D eigenvalue weighted by molar-refractivity contribution is 6.30. The smallest absolute Gasteiger partial charge is 0.326 e. The Labute approximate surface area is 196 Å². The molecule has 4 rings (SSSR count). The molecule has 2 aromatic carbocycles. The molecular formula is C24H24ClN3O5. The second-order valence-electron chi connectivity index (χ2n) is 9.40. The van der Waals surface area contributed by atoms with Crippen LogP contribution in [0.5, 0.6) is 0 Å². The molecule has 33 heavy (non-hydrogen) atoms. The largest absolute Gasteiger partial charge is 0.365 e. The number of nitrogens with one attached hydrogen (secondary N) is 1. The summed E-state index contributed by atoms with van der Waals surface area (Å²) in [6.07, 6.45) is 1.80.